The van der Waals surface area contributed by atoms with E-state index < -0.39 is 5.97 Å². The summed E-state index contributed by atoms with van der Waals surface area (Å²) < 4.78 is 6.76. The van der Waals surface area contributed by atoms with Crippen LogP contribution in [0, 0.1) is 6.92 Å². The summed E-state index contributed by atoms with van der Waals surface area (Å²) in [7, 11) is 0. The number of thiazole rings is 1. The summed E-state index contributed by atoms with van der Waals surface area (Å²) in [4.78, 5) is 24.7. The van der Waals surface area contributed by atoms with E-state index in [1.165, 1.54) is 15.9 Å². The van der Waals surface area contributed by atoms with Crippen LogP contribution in [0.1, 0.15) is 22.0 Å². The van der Waals surface area contributed by atoms with Crippen molar-refractivity contribution in [3.63, 3.8) is 0 Å². The number of esters is 1. The fourth-order valence-corrected chi connectivity index (χ4v) is 3.61. The topological polar surface area (TPSA) is 82.3 Å². The number of aryl methyl sites for hydroxylation is 1. The van der Waals surface area contributed by atoms with Gasteiger partial charge in [0, 0.05) is 28.2 Å². The molecule has 0 radical (unpaired) electrons. The molecule has 0 amide bonds. The Morgan fingerprint density at radius 1 is 1.29 bits per heavy atom. The van der Waals surface area contributed by atoms with Crippen molar-refractivity contribution in [1.82, 2.24) is 24.6 Å². The van der Waals surface area contributed by atoms with Gasteiger partial charge in [0.25, 0.3) is 11.6 Å². The molecular weight excluding hydrogens is 346 g/mol. The van der Waals surface area contributed by atoms with E-state index in [1.54, 1.807) is 23.6 Å². The first-order chi connectivity index (χ1) is 11.7. The Morgan fingerprint density at radius 3 is 3.00 bits per heavy atom. The maximum absolute atomic E-state index is 12.1. The molecule has 0 spiro atoms. The molecule has 0 unspecified atom stereocenters. The fraction of sp³-hybridized carbons (Fsp3) is 0.133. The Kier molecular flexibility index (Phi) is 3.79. The summed E-state index contributed by atoms with van der Waals surface area (Å²) in [5.74, 6) is -0.231. The molecule has 0 aliphatic rings. The van der Waals surface area contributed by atoms with Gasteiger partial charge in [0.2, 0.25) is 0 Å². The van der Waals surface area contributed by atoms with Crippen molar-refractivity contribution in [3.05, 3.63) is 51.7 Å². The first-order valence-electron chi connectivity index (χ1n) is 7.03. The maximum atomic E-state index is 12.1. The lowest BCUT2D eigenvalue weighted by molar-refractivity contribution is 0.0454. The molecule has 0 aliphatic heterocycles. The molecular formula is C15H11N5O2S2. The summed E-state index contributed by atoms with van der Waals surface area (Å²) in [5.41, 5.74) is 2.62. The molecule has 0 fully saturated rings. The van der Waals surface area contributed by atoms with E-state index in [0.29, 0.717) is 11.5 Å². The highest BCUT2D eigenvalue weighted by molar-refractivity contribution is 7.14. The molecule has 4 heterocycles. The highest BCUT2D eigenvalue weighted by atomic mass is 32.1. The zero-order valence-corrected chi connectivity index (χ0v) is 14.2. The largest absolute Gasteiger partial charge is 0.453 e. The van der Waals surface area contributed by atoms with Crippen LogP contribution in [-0.4, -0.2) is 30.5 Å². The number of fused-ring (bicyclic) bond motifs is 1. The van der Waals surface area contributed by atoms with Crippen LogP contribution in [0.3, 0.4) is 0 Å². The third-order valence-corrected chi connectivity index (χ3v) is 4.91. The minimum Gasteiger partial charge on any atom is -0.453 e. The highest BCUT2D eigenvalue weighted by Gasteiger charge is 2.16. The number of hydrogen-bond donors (Lipinski definition) is 0. The molecule has 0 saturated heterocycles. The lowest BCUT2D eigenvalue weighted by atomic mass is 10.4. The molecule has 24 heavy (non-hydrogen) atoms. The second-order valence-corrected chi connectivity index (χ2v) is 6.60. The minimum atomic E-state index is -0.593. The van der Waals surface area contributed by atoms with Gasteiger partial charge in [-0.3, -0.25) is 0 Å². The predicted molar refractivity (Wildman–Crippen MR) is 90.1 cm³/mol. The first kappa shape index (κ1) is 14.9. The highest BCUT2D eigenvalue weighted by Crippen LogP contribution is 2.25. The Bertz CT molecular complexity index is 1010. The van der Waals surface area contributed by atoms with E-state index in [9.17, 15) is 4.79 Å². The van der Waals surface area contributed by atoms with Gasteiger partial charge in [-0.05, 0) is 24.4 Å². The second-order valence-electron chi connectivity index (χ2n) is 4.97. The molecule has 4 aromatic heterocycles. The molecule has 4 rings (SSSR count). The molecule has 7 nitrogen and oxygen atoms in total. The second kappa shape index (κ2) is 6.10. The molecule has 0 saturated carbocycles. The maximum Gasteiger partial charge on any atom is 0.378 e. The summed E-state index contributed by atoms with van der Waals surface area (Å²) >= 11 is 3.14. The van der Waals surface area contributed by atoms with Gasteiger partial charge in [-0.2, -0.15) is 16.3 Å². The van der Waals surface area contributed by atoms with Crippen molar-refractivity contribution in [2.24, 2.45) is 0 Å². The Hall–Kier alpha value is -2.65. The zero-order chi connectivity index (χ0) is 16.5. The SMILES string of the molecule is Cc1ccnc2nc(C(=O)OCc3csc(-c4ccsc4)n3)nn12. The quantitative estimate of drug-likeness (QED) is 0.522. The van der Waals surface area contributed by atoms with Crippen LogP contribution >= 0.6 is 22.7 Å². The average Bonchev–Trinajstić information content (AvgIpc) is 3.31. The van der Waals surface area contributed by atoms with Crippen LogP contribution in [0.2, 0.25) is 0 Å². The van der Waals surface area contributed by atoms with Gasteiger partial charge in [-0.25, -0.2) is 19.3 Å². The molecule has 0 aromatic carbocycles. The van der Waals surface area contributed by atoms with Gasteiger partial charge in [0.05, 0.1) is 5.69 Å². The van der Waals surface area contributed by atoms with Crippen LogP contribution < -0.4 is 0 Å². The smallest absolute Gasteiger partial charge is 0.378 e. The molecule has 0 bridgehead atoms. The number of carbonyl (C=O) groups is 1. The van der Waals surface area contributed by atoms with E-state index in [4.69, 9.17) is 4.74 Å². The van der Waals surface area contributed by atoms with Crippen LogP contribution in [0.25, 0.3) is 16.3 Å². The summed E-state index contributed by atoms with van der Waals surface area (Å²) in [6.45, 7) is 1.95. The van der Waals surface area contributed by atoms with Crippen molar-refractivity contribution in [3.8, 4) is 10.6 Å². The summed E-state index contributed by atoms with van der Waals surface area (Å²) in [6, 6.07) is 3.80. The number of hydrogen-bond acceptors (Lipinski definition) is 8. The Balaban J connectivity index is 1.47. The lowest BCUT2D eigenvalue weighted by Gasteiger charge is -1.98. The normalized spacial score (nSPS) is 11.0. The molecule has 0 atom stereocenters. The van der Waals surface area contributed by atoms with Crippen molar-refractivity contribution < 1.29 is 9.53 Å². The summed E-state index contributed by atoms with van der Waals surface area (Å²) in [6.07, 6.45) is 1.62. The van der Waals surface area contributed by atoms with Gasteiger partial charge in [-0.1, -0.05) is 0 Å². The third kappa shape index (κ3) is 2.79. The zero-order valence-electron chi connectivity index (χ0n) is 12.5. The van der Waals surface area contributed by atoms with E-state index in [1.807, 2.05) is 29.1 Å². The third-order valence-electron chi connectivity index (χ3n) is 3.28. The van der Waals surface area contributed by atoms with Crippen LogP contribution in [0.5, 0.6) is 0 Å². The van der Waals surface area contributed by atoms with Gasteiger partial charge in [0.1, 0.15) is 11.6 Å². The van der Waals surface area contributed by atoms with E-state index >= 15 is 0 Å². The number of rotatable bonds is 4. The monoisotopic (exact) mass is 357 g/mol. The molecule has 120 valence electrons. The van der Waals surface area contributed by atoms with Crippen LogP contribution in [-0.2, 0) is 11.3 Å². The standard InChI is InChI=1S/C15H11N5O2S2/c1-9-2-4-16-15-18-12(19-20(9)15)14(21)22-6-11-8-24-13(17-11)10-3-5-23-7-10/h2-5,7-8H,6H2,1H3. The van der Waals surface area contributed by atoms with Crippen molar-refractivity contribution >= 4 is 34.4 Å². The Labute approximate surface area is 144 Å². The van der Waals surface area contributed by atoms with Crippen LogP contribution in [0.4, 0.5) is 0 Å². The molecule has 9 heteroatoms. The number of aromatic nitrogens is 5. The van der Waals surface area contributed by atoms with Gasteiger partial charge < -0.3 is 4.74 Å². The van der Waals surface area contributed by atoms with E-state index in [2.05, 4.69) is 20.1 Å². The minimum absolute atomic E-state index is 0.00918. The lowest BCUT2D eigenvalue weighted by Crippen LogP contribution is -2.08. The van der Waals surface area contributed by atoms with Gasteiger partial charge in [-0.15, -0.1) is 16.4 Å². The average molecular weight is 357 g/mol. The number of carbonyl (C=O) groups excluding carboxylic acids is 1. The van der Waals surface area contributed by atoms with Gasteiger partial charge >= 0.3 is 5.97 Å². The first-order valence-corrected chi connectivity index (χ1v) is 8.85. The fourth-order valence-electron chi connectivity index (χ4n) is 2.09. The van der Waals surface area contributed by atoms with Crippen molar-refractivity contribution in [2.45, 2.75) is 13.5 Å². The number of thiophene rings is 1. The molecule has 0 aliphatic carbocycles. The van der Waals surface area contributed by atoms with Gasteiger partial charge in [0.15, 0.2) is 0 Å². The number of ether oxygens (including phenoxy) is 1. The summed E-state index contributed by atoms with van der Waals surface area (Å²) in [5, 5.41) is 10.9. The van der Waals surface area contributed by atoms with E-state index in [0.717, 1.165) is 16.3 Å². The van der Waals surface area contributed by atoms with Crippen molar-refractivity contribution in [2.75, 3.05) is 0 Å². The molecule has 4 aromatic rings. The Morgan fingerprint density at radius 2 is 2.21 bits per heavy atom. The van der Waals surface area contributed by atoms with E-state index in [-0.39, 0.29) is 12.4 Å². The van der Waals surface area contributed by atoms with Crippen molar-refractivity contribution in [1.29, 1.82) is 0 Å². The predicted octanol–water partition coefficient (Wildman–Crippen LogP) is 2.97. The van der Waals surface area contributed by atoms with Crippen LogP contribution in [0.15, 0.2) is 34.5 Å². The number of nitrogens with zero attached hydrogens (tertiary/aromatic N) is 5. The molecule has 0 N–H and O–H groups in total.